The second kappa shape index (κ2) is 8.80. The van der Waals surface area contributed by atoms with E-state index in [1.807, 2.05) is 0 Å². The lowest BCUT2D eigenvalue weighted by Crippen LogP contribution is -2.37. The molecule has 0 fully saturated rings. The van der Waals surface area contributed by atoms with E-state index < -0.39 is 10.2 Å². The molecule has 1 aliphatic carbocycles. The fraction of sp³-hybridized carbons (Fsp3) is 0.867. The number of allylic oxidation sites excluding steroid dienone is 2. The quantitative estimate of drug-likeness (QED) is 0.536. The Labute approximate surface area is 125 Å². The van der Waals surface area contributed by atoms with Gasteiger partial charge < -0.3 is 0 Å². The topological polar surface area (TPSA) is 40.6 Å². The third-order valence-electron chi connectivity index (χ3n) is 4.01. The van der Waals surface area contributed by atoms with Gasteiger partial charge in [-0.25, -0.2) is 0 Å². The van der Waals surface area contributed by atoms with Crippen molar-refractivity contribution in [2.24, 2.45) is 5.92 Å². The number of unbranched alkanes of at least 4 members (excludes halogenated alkanes) is 1. The summed E-state index contributed by atoms with van der Waals surface area (Å²) in [7, 11) is 1.57. The second-order valence-corrected chi connectivity index (χ2v) is 8.18. The Morgan fingerprint density at radius 3 is 2.55 bits per heavy atom. The minimum absolute atomic E-state index is 0.608. The Morgan fingerprint density at radius 2 is 1.85 bits per heavy atom. The van der Waals surface area contributed by atoms with Gasteiger partial charge in [0.2, 0.25) is 0 Å². The number of hydrogen-bond donors (Lipinski definition) is 0. The first-order chi connectivity index (χ1) is 9.44. The Morgan fingerprint density at radius 1 is 1.10 bits per heavy atom. The summed E-state index contributed by atoms with van der Waals surface area (Å²) in [4.78, 5) is 0. The van der Waals surface area contributed by atoms with E-state index in [1.165, 1.54) is 47.1 Å². The molecule has 0 aromatic carbocycles. The molecule has 0 aromatic rings. The van der Waals surface area contributed by atoms with Crippen LogP contribution >= 0.6 is 0 Å². The van der Waals surface area contributed by atoms with Gasteiger partial charge >= 0.3 is 0 Å². The molecule has 4 nitrogen and oxygen atoms in total. The molecule has 5 heteroatoms. The van der Waals surface area contributed by atoms with Crippen molar-refractivity contribution in [3.8, 4) is 0 Å². The van der Waals surface area contributed by atoms with Crippen LogP contribution in [0.15, 0.2) is 12.2 Å². The first-order valence-corrected chi connectivity index (χ1v) is 9.14. The highest BCUT2D eigenvalue weighted by Crippen LogP contribution is 2.21. The van der Waals surface area contributed by atoms with Crippen molar-refractivity contribution in [3.05, 3.63) is 12.2 Å². The van der Waals surface area contributed by atoms with Gasteiger partial charge in [-0.15, -0.1) is 0 Å². The average molecular weight is 302 g/mol. The van der Waals surface area contributed by atoms with Crippen LogP contribution in [0, 0.1) is 5.92 Å². The fourth-order valence-corrected chi connectivity index (χ4v) is 3.52. The van der Waals surface area contributed by atoms with E-state index in [2.05, 4.69) is 12.2 Å². The molecule has 0 heterocycles. The van der Waals surface area contributed by atoms with Gasteiger partial charge in [0.05, 0.1) is 0 Å². The van der Waals surface area contributed by atoms with Crippen molar-refractivity contribution in [2.45, 2.75) is 51.4 Å². The van der Waals surface area contributed by atoms with Crippen LogP contribution in [-0.4, -0.2) is 44.7 Å². The molecule has 20 heavy (non-hydrogen) atoms. The van der Waals surface area contributed by atoms with E-state index >= 15 is 0 Å². The van der Waals surface area contributed by atoms with Crippen LogP contribution in [0.5, 0.6) is 0 Å². The van der Waals surface area contributed by atoms with Gasteiger partial charge in [-0.05, 0) is 38.0 Å². The van der Waals surface area contributed by atoms with Crippen LogP contribution in [0.25, 0.3) is 0 Å². The van der Waals surface area contributed by atoms with Crippen molar-refractivity contribution < 1.29 is 8.42 Å². The van der Waals surface area contributed by atoms with Gasteiger partial charge in [0.1, 0.15) is 0 Å². The predicted octanol–water partition coefficient (Wildman–Crippen LogP) is 3.03. The van der Waals surface area contributed by atoms with Crippen molar-refractivity contribution in [2.75, 3.05) is 27.7 Å². The SMILES string of the molecule is CN(C)S(=O)(=O)N(C)CCCCC1/C=C\CCCCC1. The Balaban J connectivity index is 2.25. The molecule has 1 rings (SSSR count). The van der Waals surface area contributed by atoms with Crippen LogP contribution in [0.1, 0.15) is 51.4 Å². The molecular formula is C15H30N2O2S. The lowest BCUT2D eigenvalue weighted by atomic mass is 9.92. The van der Waals surface area contributed by atoms with E-state index in [9.17, 15) is 8.42 Å². The summed E-state index contributed by atoms with van der Waals surface area (Å²) in [5.74, 6) is 0.700. The third-order valence-corrected chi connectivity index (χ3v) is 5.90. The van der Waals surface area contributed by atoms with Gasteiger partial charge in [-0.3, -0.25) is 0 Å². The summed E-state index contributed by atoms with van der Waals surface area (Å²) in [5.41, 5.74) is 0. The zero-order valence-corrected chi connectivity index (χ0v) is 14.0. The fourth-order valence-electron chi connectivity index (χ4n) is 2.61. The molecule has 1 unspecified atom stereocenters. The molecule has 0 N–H and O–H groups in total. The third kappa shape index (κ3) is 5.94. The average Bonchev–Trinajstić information content (AvgIpc) is 2.35. The highest BCUT2D eigenvalue weighted by atomic mass is 32.2. The number of rotatable bonds is 7. The standard InChI is InChI=1S/C15H30N2O2S/c1-16(2)20(18,19)17(3)14-10-9-13-15-11-7-5-4-6-8-12-15/h7,11,15H,4-6,8-10,12-14H2,1-3H3/b11-7-. The van der Waals surface area contributed by atoms with Crippen LogP contribution in [0.3, 0.4) is 0 Å². The van der Waals surface area contributed by atoms with Crippen molar-refractivity contribution in [1.29, 1.82) is 0 Å². The molecule has 0 amide bonds. The molecule has 1 aliphatic rings. The largest absolute Gasteiger partial charge is 0.281 e. The lowest BCUT2D eigenvalue weighted by Gasteiger charge is -2.21. The van der Waals surface area contributed by atoms with Crippen LogP contribution < -0.4 is 0 Å². The summed E-state index contributed by atoms with van der Waals surface area (Å²) in [6.07, 6.45) is 14.5. The first kappa shape index (κ1) is 17.7. The maximum Gasteiger partial charge on any atom is 0.281 e. The van der Waals surface area contributed by atoms with Gasteiger partial charge in [-0.1, -0.05) is 31.4 Å². The van der Waals surface area contributed by atoms with E-state index in [0.29, 0.717) is 12.5 Å². The van der Waals surface area contributed by atoms with Crippen molar-refractivity contribution in [1.82, 2.24) is 8.61 Å². The predicted molar refractivity (Wildman–Crippen MR) is 84.8 cm³/mol. The first-order valence-electron chi connectivity index (χ1n) is 7.75. The molecule has 0 bridgehead atoms. The Kier molecular flexibility index (Phi) is 7.77. The minimum Gasteiger partial charge on any atom is -0.195 e. The van der Waals surface area contributed by atoms with Gasteiger partial charge in [0.15, 0.2) is 0 Å². The zero-order chi connectivity index (χ0) is 15.0. The van der Waals surface area contributed by atoms with Crippen LogP contribution in [0.2, 0.25) is 0 Å². The molecule has 0 aliphatic heterocycles. The molecule has 0 aromatic heterocycles. The normalized spacial score (nSPS) is 22.8. The summed E-state index contributed by atoms with van der Waals surface area (Å²) < 4.78 is 26.4. The summed E-state index contributed by atoms with van der Waals surface area (Å²) in [5, 5.41) is 0. The molecule has 0 spiro atoms. The monoisotopic (exact) mass is 302 g/mol. The molecule has 1 atom stereocenters. The summed E-state index contributed by atoms with van der Waals surface area (Å²) in [6, 6.07) is 0. The molecule has 0 saturated carbocycles. The number of hydrogen-bond acceptors (Lipinski definition) is 2. The van der Waals surface area contributed by atoms with Crippen molar-refractivity contribution in [3.63, 3.8) is 0 Å². The molecule has 0 radical (unpaired) electrons. The smallest absolute Gasteiger partial charge is 0.195 e. The number of nitrogens with zero attached hydrogens (tertiary/aromatic N) is 2. The Bertz CT molecular complexity index is 391. The summed E-state index contributed by atoms with van der Waals surface area (Å²) >= 11 is 0. The molecule has 118 valence electrons. The van der Waals surface area contributed by atoms with Gasteiger partial charge in [0, 0.05) is 27.7 Å². The zero-order valence-electron chi connectivity index (χ0n) is 13.2. The highest BCUT2D eigenvalue weighted by Gasteiger charge is 2.19. The summed E-state index contributed by atoms with van der Waals surface area (Å²) in [6.45, 7) is 0.608. The Hall–Kier alpha value is -0.390. The van der Waals surface area contributed by atoms with Crippen molar-refractivity contribution >= 4 is 10.2 Å². The van der Waals surface area contributed by atoms with E-state index in [1.54, 1.807) is 21.1 Å². The highest BCUT2D eigenvalue weighted by molar-refractivity contribution is 7.86. The van der Waals surface area contributed by atoms with Gasteiger partial charge in [0.25, 0.3) is 10.2 Å². The molecule has 0 saturated heterocycles. The van der Waals surface area contributed by atoms with Gasteiger partial charge in [-0.2, -0.15) is 17.0 Å². The molecular weight excluding hydrogens is 272 g/mol. The van der Waals surface area contributed by atoms with E-state index in [0.717, 1.165) is 12.8 Å². The minimum atomic E-state index is -3.24. The van der Waals surface area contributed by atoms with Crippen LogP contribution in [-0.2, 0) is 10.2 Å². The lowest BCUT2D eigenvalue weighted by molar-refractivity contribution is 0.398. The van der Waals surface area contributed by atoms with E-state index in [4.69, 9.17) is 0 Å². The maximum atomic E-state index is 11.9. The second-order valence-electron chi connectivity index (χ2n) is 5.93. The van der Waals surface area contributed by atoms with Crippen LogP contribution in [0.4, 0.5) is 0 Å². The van der Waals surface area contributed by atoms with E-state index in [-0.39, 0.29) is 0 Å². The maximum absolute atomic E-state index is 11.9.